The minimum Gasteiger partial charge on any atom is -0.490 e. The van der Waals surface area contributed by atoms with Crippen molar-refractivity contribution in [3.8, 4) is 5.75 Å². The van der Waals surface area contributed by atoms with Crippen LogP contribution >= 0.6 is 11.3 Å². The van der Waals surface area contributed by atoms with Crippen LogP contribution in [-0.2, 0) is 4.79 Å². The number of hydrogen-bond donors (Lipinski definition) is 1. The van der Waals surface area contributed by atoms with Crippen LogP contribution in [0.5, 0.6) is 5.75 Å². The molecule has 0 aliphatic carbocycles. The van der Waals surface area contributed by atoms with Crippen LogP contribution in [0.1, 0.15) is 44.5 Å². The van der Waals surface area contributed by atoms with Crippen LogP contribution in [0.2, 0.25) is 0 Å². The third kappa shape index (κ3) is 4.33. The third-order valence-electron chi connectivity index (χ3n) is 4.63. The lowest BCUT2D eigenvalue weighted by atomic mass is 9.92. The summed E-state index contributed by atoms with van der Waals surface area (Å²) in [5.41, 5.74) is 1.39. The Bertz CT molecular complexity index is 828. The van der Waals surface area contributed by atoms with Gasteiger partial charge in [0.25, 0.3) is 5.91 Å². The van der Waals surface area contributed by atoms with Gasteiger partial charge in [-0.2, -0.15) is 11.3 Å². The van der Waals surface area contributed by atoms with Gasteiger partial charge in [0.2, 0.25) is 5.91 Å². The molecule has 6 heteroatoms. The summed E-state index contributed by atoms with van der Waals surface area (Å²) in [5, 5.41) is 6.59. The number of thiophene rings is 1. The van der Waals surface area contributed by atoms with Crippen LogP contribution in [0.15, 0.2) is 35.0 Å². The van der Waals surface area contributed by atoms with E-state index in [2.05, 4.69) is 19.2 Å². The summed E-state index contributed by atoms with van der Waals surface area (Å²) in [6.45, 7) is 9.05. The molecule has 1 aliphatic heterocycles. The first-order chi connectivity index (χ1) is 12.8. The first kappa shape index (κ1) is 19.4. The first-order valence-electron chi connectivity index (χ1n) is 9.20. The summed E-state index contributed by atoms with van der Waals surface area (Å²) < 4.78 is 5.93. The minimum absolute atomic E-state index is 0.0446. The maximum atomic E-state index is 13.1. The van der Waals surface area contributed by atoms with Crippen molar-refractivity contribution in [1.82, 2.24) is 0 Å². The van der Waals surface area contributed by atoms with Crippen LogP contribution in [0, 0.1) is 11.3 Å². The second kappa shape index (κ2) is 7.72. The average molecular weight is 387 g/mol. The highest BCUT2D eigenvalue weighted by molar-refractivity contribution is 7.08. The van der Waals surface area contributed by atoms with Crippen LogP contribution in [-0.4, -0.2) is 25.0 Å². The van der Waals surface area contributed by atoms with Gasteiger partial charge in [-0.15, -0.1) is 0 Å². The normalized spacial score (nSPS) is 15.9. The molecule has 0 fully saturated rings. The van der Waals surface area contributed by atoms with Crippen molar-refractivity contribution in [2.45, 2.75) is 34.1 Å². The summed E-state index contributed by atoms with van der Waals surface area (Å²) in [4.78, 5) is 27.3. The summed E-state index contributed by atoms with van der Waals surface area (Å²) in [5.74, 6) is 1.04. The first-order valence-corrected chi connectivity index (χ1v) is 10.1. The molecule has 0 unspecified atom stereocenters. The predicted molar refractivity (Wildman–Crippen MR) is 110 cm³/mol. The number of rotatable bonds is 5. The van der Waals surface area contributed by atoms with Crippen molar-refractivity contribution in [2.24, 2.45) is 11.3 Å². The smallest absolute Gasteiger partial charge is 0.256 e. The number of carbonyl (C=O) groups is 2. The standard InChI is InChI=1S/C21H26N2O3S/c1-14(2)7-9-23-17-11-16(22-19(24)15-8-10-27-12-15)5-6-18(17)26-13-21(3,4)20(23)25/h5-6,8,10-12,14H,7,9,13H2,1-4H3,(H,22,24). The summed E-state index contributed by atoms with van der Waals surface area (Å²) in [6.07, 6.45) is 0.896. The second-order valence-electron chi connectivity index (χ2n) is 7.96. The molecule has 1 aliphatic rings. The molecule has 0 saturated carbocycles. The Kier molecular flexibility index (Phi) is 5.56. The van der Waals surface area contributed by atoms with Crippen molar-refractivity contribution in [2.75, 3.05) is 23.4 Å². The van der Waals surface area contributed by atoms with E-state index >= 15 is 0 Å². The zero-order valence-corrected chi connectivity index (χ0v) is 17.1. The molecule has 1 aromatic heterocycles. The Morgan fingerprint density at radius 3 is 2.78 bits per heavy atom. The van der Waals surface area contributed by atoms with E-state index in [1.807, 2.05) is 47.7 Å². The Morgan fingerprint density at radius 2 is 2.11 bits per heavy atom. The van der Waals surface area contributed by atoms with Crippen LogP contribution in [0.4, 0.5) is 11.4 Å². The number of benzene rings is 1. The Hall–Kier alpha value is -2.34. The molecule has 2 heterocycles. The number of nitrogens with one attached hydrogen (secondary N) is 1. The fourth-order valence-electron chi connectivity index (χ4n) is 2.93. The SMILES string of the molecule is CC(C)CCN1C(=O)C(C)(C)COc2ccc(NC(=O)c3ccsc3)cc21. The number of nitrogens with zero attached hydrogens (tertiary/aromatic N) is 1. The number of fused-ring (bicyclic) bond motifs is 1. The van der Waals surface area contributed by atoms with Crippen molar-refractivity contribution in [3.63, 3.8) is 0 Å². The van der Waals surface area contributed by atoms with Crippen molar-refractivity contribution >= 4 is 34.5 Å². The molecule has 1 aromatic carbocycles. The van der Waals surface area contributed by atoms with Gasteiger partial charge in [0, 0.05) is 17.6 Å². The van der Waals surface area contributed by atoms with Gasteiger partial charge in [0.1, 0.15) is 12.4 Å². The van der Waals surface area contributed by atoms with Crippen LogP contribution in [0.25, 0.3) is 0 Å². The van der Waals surface area contributed by atoms with E-state index in [4.69, 9.17) is 4.74 Å². The number of carbonyl (C=O) groups excluding carboxylic acids is 2. The number of hydrogen-bond acceptors (Lipinski definition) is 4. The monoisotopic (exact) mass is 386 g/mol. The molecule has 0 bridgehead atoms. The van der Waals surface area contributed by atoms with Gasteiger partial charge in [0.15, 0.2) is 0 Å². The van der Waals surface area contributed by atoms with Crippen molar-refractivity contribution < 1.29 is 14.3 Å². The molecular weight excluding hydrogens is 360 g/mol. The third-order valence-corrected chi connectivity index (χ3v) is 5.32. The predicted octanol–water partition coefficient (Wildman–Crippen LogP) is 4.80. The topological polar surface area (TPSA) is 58.6 Å². The van der Waals surface area contributed by atoms with Gasteiger partial charge < -0.3 is 15.0 Å². The lowest BCUT2D eigenvalue weighted by Gasteiger charge is -2.28. The van der Waals surface area contributed by atoms with Crippen LogP contribution in [0.3, 0.4) is 0 Å². The molecule has 0 saturated heterocycles. The van der Waals surface area contributed by atoms with Gasteiger partial charge in [-0.3, -0.25) is 9.59 Å². The molecule has 3 rings (SSSR count). The molecule has 0 atom stereocenters. The van der Waals surface area contributed by atoms with E-state index in [1.165, 1.54) is 11.3 Å². The number of amides is 2. The van der Waals surface area contributed by atoms with E-state index in [1.54, 1.807) is 6.07 Å². The molecule has 5 nitrogen and oxygen atoms in total. The van der Waals surface area contributed by atoms with Crippen molar-refractivity contribution in [1.29, 1.82) is 0 Å². The summed E-state index contributed by atoms with van der Waals surface area (Å²) in [6, 6.07) is 7.26. The number of anilines is 2. The molecular formula is C21H26N2O3S. The largest absolute Gasteiger partial charge is 0.490 e. The van der Waals surface area contributed by atoms with Gasteiger partial charge in [0.05, 0.1) is 16.7 Å². The van der Waals surface area contributed by atoms with E-state index < -0.39 is 5.41 Å². The van der Waals surface area contributed by atoms with Crippen molar-refractivity contribution in [3.05, 3.63) is 40.6 Å². The Morgan fingerprint density at radius 1 is 1.33 bits per heavy atom. The van der Waals surface area contributed by atoms with E-state index in [0.717, 1.165) is 6.42 Å². The molecule has 0 spiro atoms. The lowest BCUT2D eigenvalue weighted by Crippen LogP contribution is -2.42. The Labute approximate surface area is 164 Å². The molecule has 0 radical (unpaired) electrons. The van der Waals surface area contributed by atoms with Gasteiger partial charge >= 0.3 is 0 Å². The molecule has 2 amide bonds. The highest BCUT2D eigenvalue weighted by Gasteiger charge is 2.37. The molecule has 27 heavy (non-hydrogen) atoms. The van der Waals surface area contributed by atoms with E-state index in [9.17, 15) is 9.59 Å². The Balaban J connectivity index is 1.92. The maximum Gasteiger partial charge on any atom is 0.256 e. The van der Waals surface area contributed by atoms with Gasteiger partial charge in [-0.1, -0.05) is 13.8 Å². The molecule has 144 valence electrons. The zero-order chi connectivity index (χ0) is 19.6. The fourth-order valence-corrected chi connectivity index (χ4v) is 3.56. The maximum absolute atomic E-state index is 13.1. The lowest BCUT2D eigenvalue weighted by molar-refractivity contribution is -0.127. The zero-order valence-electron chi connectivity index (χ0n) is 16.2. The van der Waals surface area contributed by atoms with E-state index in [0.29, 0.717) is 41.8 Å². The number of ether oxygens (including phenoxy) is 1. The van der Waals surface area contributed by atoms with Gasteiger partial charge in [-0.05, 0) is 55.8 Å². The average Bonchev–Trinajstić information content (AvgIpc) is 3.12. The van der Waals surface area contributed by atoms with E-state index in [-0.39, 0.29) is 11.8 Å². The molecule has 2 aromatic rings. The summed E-state index contributed by atoms with van der Waals surface area (Å²) in [7, 11) is 0. The second-order valence-corrected chi connectivity index (χ2v) is 8.74. The highest BCUT2D eigenvalue weighted by Crippen LogP contribution is 2.38. The quantitative estimate of drug-likeness (QED) is 0.803. The fraction of sp³-hybridized carbons (Fsp3) is 0.429. The molecule has 1 N–H and O–H groups in total. The minimum atomic E-state index is -0.601. The van der Waals surface area contributed by atoms with Crippen LogP contribution < -0.4 is 15.0 Å². The highest BCUT2D eigenvalue weighted by atomic mass is 32.1. The summed E-state index contributed by atoms with van der Waals surface area (Å²) >= 11 is 1.48. The van der Waals surface area contributed by atoms with Gasteiger partial charge in [-0.25, -0.2) is 0 Å².